The molecule has 0 bridgehead atoms. The van der Waals surface area contributed by atoms with Crippen molar-refractivity contribution in [3.8, 4) is 0 Å². The molecule has 2 rings (SSSR count). The summed E-state index contributed by atoms with van der Waals surface area (Å²) in [6.07, 6.45) is -0.135. The van der Waals surface area contributed by atoms with Gasteiger partial charge in [0.2, 0.25) is 5.91 Å². The van der Waals surface area contributed by atoms with Gasteiger partial charge in [0.15, 0.2) is 6.61 Å². The summed E-state index contributed by atoms with van der Waals surface area (Å²) in [7, 11) is 0. The Labute approximate surface area is 164 Å². The highest BCUT2D eigenvalue weighted by Crippen LogP contribution is 2.19. The Balaban J connectivity index is 1.89. The van der Waals surface area contributed by atoms with Crippen molar-refractivity contribution in [2.75, 3.05) is 11.9 Å². The van der Waals surface area contributed by atoms with Crippen molar-refractivity contribution in [1.29, 1.82) is 0 Å². The smallest absolute Gasteiger partial charge is 0.308 e. The molecule has 0 radical (unpaired) electrons. The summed E-state index contributed by atoms with van der Waals surface area (Å²) in [5, 5.41) is 5.00. The second-order valence-corrected chi connectivity index (χ2v) is 6.62. The molecule has 6 nitrogen and oxygen atoms in total. The van der Waals surface area contributed by atoms with Gasteiger partial charge in [-0.1, -0.05) is 46.3 Å². The van der Waals surface area contributed by atoms with E-state index in [0.717, 1.165) is 5.56 Å². The predicted octanol–water partition coefficient (Wildman–Crippen LogP) is 3.34. The third-order valence-corrected chi connectivity index (χ3v) is 4.01. The number of hydrogen-bond donors (Lipinski definition) is 2. The predicted molar refractivity (Wildman–Crippen MR) is 101 cm³/mol. The lowest BCUT2D eigenvalue weighted by Crippen LogP contribution is -2.29. The zero-order chi connectivity index (χ0) is 19.8. The lowest BCUT2D eigenvalue weighted by atomic mass is 10.0. The highest BCUT2D eigenvalue weighted by molar-refractivity contribution is 9.10. The van der Waals surface area contributed by atoms with Crippen molar-refractivity contribution in [3.63, 3.8) is 0 Å². The molecule has 0 saturated carbocycles. The van der Waals surface area contributed by atoms with E-state index in [1.165, 1.54) is 19.1 Å². The molecule has 0 spiro atoms. The molecule has 0 aliphatic carbocycles. The molecule has 2 aromatic rings. The number of hydrogen-bond acceptors (Lipinski definition) is 4. The Bertz CT molecular complexity index is 830. The molecule has 1 atom stereocenters. The lowest BCUT2D eigenvalue weighted by Gasteiger charge is -2.17. The number of rotatable bonds is 7. The summed E-state index contributed by atoms with van der Waals surface area (Å²) in [5.74, 6) is -2.23. The van der Waals surface area contributed by atoms with Crippen molar-refractivity contribution in [1.82, 2.24) is 5.32 Å². The van der Waals surface area contributed by atoms with E-state index in [0.29, 0.717) is 4.47 Å². The zero-order valence-electron chi connectivity index (χ0n) is 14.5. The first kappa shape index (κ1) is 20.6. The molecular weight excluding hydrogens is 419 g/mol. The Morgan fingerprint density at radius 1 is 1.15 bits per heavy atom. The van der Waals surface area contributed by atoms with Crippen LogP contribution in [0.5, 0.6) is 0 Å². The van der Waals surface area contributed by atoms with E-state index >= 15 is 0 Å². The van der Waals surface area contributed by atoms with Crippen LogP contribution >= 0.6 is 15.9 Å². The van der Waals surface area contributed by atoms with Crippen LogP contribution in [-0.2, 0) is 19.1 Å². The normalized spacial score (nSPS) is 11.4. The van der Waals surface area contributed by atoms with Gasteiger partial charge in [0, 0.05) is 11.4 Å². The van der Waals surface area contributed by atoms with Crippen LogP contribution in [0.1, 0.15) is 24.9 Å². The third kappa shape index (κ3) is 6.82. The van der Waals surface area contributed by atoms with E-state index < -0.39 is 30.3 Å². The molecule has 0 aliphatic heterocycles. The Kier molecular flexibility index (Phi) is 7.48. The molecule has 2 amide bonds. The topological polar surface area (TPSA) is 84.5 Å². The maximum atomic E-state index is 13.7. The summed E-state index contributed by atoms with van der Waals surface area (Å²) in [6.45, 7) is 0.789. The summed E-state index contributed by atoms with van der Waals surface area (Å²) in [6, 6.07) is 12.5. The lowest BCUT2D eigenvalue weighted by molar-refractivity contribution is -0.148. The van der Waals surface area contributed by atoms with Gasteiger partial charge in [-0.25, -0.2) is 4.39 Å². The molecule has 142 valence electrons. The minimum Gasteiger partial charge on any atom is -0.455 e. The maximum Gasteiger partial charge on any atom is 0.308 e. The van der Waals surface area contributed by atoms with Gasteiger partial charge in [-0.15, -0.1) is 0 Å². The number of nitrogens with one attached hydrogen (secondary N) is 2. The van der Waals surface area contributed by atoms with Gasteiger partial charge in [-0.05, 0) is 23.8 Å². The first-order valence-electron chi connectivity index (χ1n) is 8.07. The SMILES string of the molecule is CC(=O)N[C@H](CC(=O)OCC(=O)Nc1ccc(Br)cc1F)c1ccccc1. The summed E-state index contributed by atoms with van der Waals surface area (Å²) < 4.78 is 19.2. The van der Waals surface area contributed by atoms with E-state index in [1.54, 1.807) is 30.3 Å². The Morgan fingerprint density at radius 3 is 2.48 bits per heavy atom. The number of carbonyl (C=O) groups is 3. The van der Waals surface area contributed by atoms with E-state index in [2.05, 4.69) is 26.6 Å². The molecule has 0 heterocycles. The number of benzene rings is 2. The molecule has 2 N–H and O–H groups in total. The first-order chi connectivity index (χ1) is 12.8. The fourth-order valence-corrected chi connectivity index (χ4v) is 2.66. The molecule has 2 aromatic carbocycles. The number of ether oxygens (including phenoxy) is 1. The largest absolute Gasteiger partial charge is 0.455 e. The van der Waals surface area contributed by atoms with Gasteiger partial charge in [0.05, 0.1) is 18.2 Å². The highest BCUT2D eigenvalue weighted by atomic mass is 79.9. The van der Waals surface area contributed by atoms with E-state index in [1.807, 2.05) is 6.07 Å². The van der Waals surface area contributed by atoms with Gasteiger partial charge in [-0.2, -0.15) is 0 Å². The quantitative estimate of drug-likeness (QED) is 0.651. The van der Waals surface area contributed by atoms with Crippen LogP contribution in [0, 0.1) is 5.82 Å². The standard InChI is InChI=1S/C19H18BrFN2O4/c1-12(24)22-17(13-5-3-2-4-6-13)10-19(26)27-11-18(25)23-16-8-7-14(20)9-15(16)21/h2-9,17H,10-11H2,1H3,(H,22,24)(H,23,25)/t17-/m1/s1. The number of anilines is 1. The monoisotopic (exact) mass is 436 g/mol. The minimum atomic E-state index is -0.666. The second kappa shape index (κ2) is 9.82. The average Bonchev–Trinajstić information content (AvgIpc) is 2.62. The fraction of sp³-hybridized carbons (Fsp3) is 0.211. The molecule has 0 unspecified atom stereocenters. The summed E-state index contributed by atoms with van der Waals surface area (Å²) in [5.41, 5.74) is 0.727. The maximum absolute atomic E-state index is 13.7. The molecule has 0 aromatic heterocycles. The van der Waals surface area contributed by atoms with Crippen LogP contribution in [0.25, 0.3) is 0 Å². The van der Waals surface area contributed by atoms with Crippen LogP contribution in [0.4, 0.5) is 10.1 Å². The van der Waals surface area contributed by atoms with E-state index in [9.17, 15) is 18.8 Å². The first-order valence-corrected chi connectivity index (χ1v) is 8.87. The number of halogens is 2. The van der Waals surface area contributed by atoms with E-state index in [4.69, 9.17) is 4.74 Å². The van der Waals surface area contributed by atoms with Crippen LogP contribution < -0.4 is 10.6 Å². The summed E-state index contributed by atoms with van der Waals surface area (Å²) in [4.78, 5) is 35.3. The Hall–Kier alpha value is -2.74. The zero-order valence-corrected chi connectivity index (χ0v) is 16.1. The van der Waals surface area contributed by atoms with Crippen LogP contribution in [0.2, 0.25) is 0 Å². The molecule has 8 heteroatoms. The van der Waals surface area contributed by atoms with Crippen molar-refractivity contribution in [2.24, 2.45) is 0 Å². The van der Waals surface area contributed by atoms with Crippen molar-refractivity contribution < 1.29 is 23.5 Å². The van der Waals surface area contributed by atoms with Crippen LogP contribution in [0.3, 0.4) is 0 Å². The molecule has 0 fully saturated rings. The van der Waals surface area contributed by atoms with Gasteiger partial charge < -0.3 is 15.4 Å². The van der Waals surface area contributed by atoms with Crippen LogP contribution in [-0.4, -0.2) is 24.4 Å². The van der Waals surface area contributed by atoms with Gasteiger partial charge in [0.1, 0.15) is 5.82 Å². The third-order valence-electron chi connectivity index (χ3n) is 3.52. The molecular formula is C19H18BrFN2O4. The fourth-order valence-electron chi connectivity index (χ4n) is 2.33. The number of amides is 2. The van der Waals surface area contributed by atoms with Crippen LogP contribution in [0.15, 0.2) is 53.0 Å². The number of carbonyl (C=O) groups excluding carboxylic acids is 3. The summed E-state index contributed by atoms with van der Waals surface area (Å²) >= 11 is 3.12. The van der Waals surface area contributed by atoms with Crippen molar-refractivity contribution in [3.05, 3.63) is 64.4 Å². The Morgan fingerprint density at radius 2 is 1.85 bits per heavy atom. The van der Waals surface area contributed by atoms with Gasteiger partial charge in [-0.3, -0.25) is 14.4 Å². The minimum absolute atomic E-state index is 0.0142. The van der Waals surface area contributed by atoms with E-state index in [-0.39, 0.29) is 18.0 Å². The van der Waals surface area contributed by atoms with Crippen molar-refractivity contribution >= 4 is 39.4 Å². The average molecular weight is 437 g/mol. The van der Waals surface area contributed by atoms with Gasteiger partial charge in [0.25, 0.3) is 5.91 Å². The second-order valence-electron chi connectivity index (χ2n) is 5.70. The number of esters is 1. The van der Waals surface area contributed by atoms with Crippen molar-refractivity contribution in [2.45, 2.75) is 19.4 Å². The molecule has 0 saturated heterocycles. The van der Waals surface area contributed by atoms with Gasteiger partial charge >= 0.3 is 5.97 Å². The molecule has 0 aliphatic rings. The molecule has 27 heavy (non-hydrogen) atoms. The highest BCUT2D eigenvalue weighted by Gasteiger charge is 2.19.